The maximum atomic E-state index is 12.0. The average Bonchev–Trinajstić information content (AvgIpc) is 2.36. The number of nitrogens with two attached hydrogens (primary N) is 2. The Morgan fingerprint density at radius 3 is 2.36 bits per heavy atom. The van der Waals surface area contributed by atoms with E-state index >= 15 is 0 Å². The van der Waals surface area contributed by atoms with Crippen molar-refractivity contribution in [1.82, 2.24) is 0 Å². The van der Waals surface area contributed by atoms with Gasteiger partial charge in [-0.1, -0.05) is 18.2 Å². The lowest BCUT2D eigenvalue weighted by molar-refractivity contribution is 0.0636. The van der Waals surface area contributed by atoms with Crippen LogP contribution in [0.15, 0.2) is 42.5 Å². The maximum absolute atomic E-state index is 12.0. The normalized spacial score (nSPS) is 11.0. The van der Waals surface area contributed by atoms with Crippen LogP contribution in [0.1, 0.15) is 20.8 Å². The molecule has 5 nitrogen and oxygen atoms in total. The van der Waals surface area contributed by atoms with Crippen LogP contribution in [0.3, 0.4) is 0 Å². The van der Waals surface area contributed by atoms with Crippen molar-refractivity contribution in [2.45, 2.75) is 26.4 Å². The Morgan fingerprint density at radius 2 is 1.73 bits per heavy atom. The van der Waals surface area contributed by atoms with E-state index in [1.165, 1.54) is 0 Å². The predicted molar refractivity (Wildman–Crippen MR) is 90.6 cm³/mol. The van der Waals surface area contributed by atoms with Crippen LogP contribution in [-0.4, -0.2) is 11.7 Å². The van der Waals surface area contributed by atoms with Gasteiger partial charge < -0.3 is 16.2 Å². The van der Waals surface area contributed by atoms with Crippen molar-refractivity contribution in [3.8, 4) is 11.1 Å². The van der Waals surface area contributed by atoms with Crippen molar-refractivity contribution in [2.24, 2.45) is 0 Å². The fourth-order valence-corrected chi connectivity index (χ4v) is 2.04. The second-order valence-corrected chi connectivity index (χ2v) is 6.06. The molecule has 0 radical (unpaired) electrons. The monoisotopic (exact) mass is 299 g/mol. The van der Waals surface area contributed by atoms with Crippen molar-refractivity contribution >= 4 is 23.2 Å². The van der Waals surface area contributed by atoms with E-state index in [9.17, 15) is 4.79 Å². The van der Waals surface area contributed by atoms with Crippen LogP contribution in [0.4, 0.5) is 21.9 Å². The van der Waals surface area contributed by atoms with Crippen LogP contribution >= 0.6 is 0 Å². The molecular formula is C17H21N3O2. The van der Waals surface area contributed by atoms with Gasteiger partial charge in [0.15, 0.2) is 0 Å². The molecule has 0 aliphatic rings. The third-order valence-electron chi connectivity index (χ3n) is 2.88. The number of carbonyl (C=O) groups excluding carboxylic acids is 1. The molecule has 2 aromatic carbocycles. The van der Waals surface area contributed by atoms with Crippen molar-refractivity contribution in [1.29, 1.82) is 0 Å². The van der Waals surface area contributed by atoms with Gasteiger partial charge in [0.2, 0.25) is 0 Å². The van der Waals surface area contributed by atoms with Gasteiger partial charge in [0.25, 0.3) is 0 Å². The van der Waals surface area contributed by atoms with E-state index in [4.69, 9.17) is 16.2 Å². The first-order valence-corrected chi connectivity index (χ1v) is 7.00. The first-order chi connectivity index (χ1) is 10.2. The number of ether oxygens (including phenoxy) is 1. The summed E-state index contributed by atoms with van der Waals surface area (Å²) in [4.78, 5) is 12.0. The molecule has 0 aliphatic carbocycles. The van der Waals surface area contributed by atoms with Gasteiger partial charge >= 0.3 is 6.09 Å². The van der Waals surface area contributed by atoms with Gasteiger partial charge in [-0.2, -0.15) is 0 Å². The van der Waals surface area contributed by atoms with Gasteiger partial charge in [0.05, 0.1) is 5.69 Å². The molecule has 5 N–H and O–H groups in total. The molecule has 2 aromatic rings. The van der Waals surface area contributed by atoms with E-state index in [0.29, 0.717) is 17.1 Å². The number of rotatable bonds is 2. The van der Waals surface area contributed by atoms with Gasteiger partial charge in [0, 0.05) is 16.9 Å². The molecule has 1 amide bonds. The summed E-state index contributed by atoms with van der Waals surface area (Å²) < 4.78 is 5.28. The van der Waals surface area contributed by atoms with Crippen LogP contribution in [0, 0.1) is 0 Å². The molecular weight excluding hydrogens is 278 g/mol. The minimum atomic E-state index is -0.568. The fourth-order valence-electron chi connectivity index (χ4n) is 2.04. The van der Waals surface area contributed by atoms with E-state index in [0.717, 1.165) is 11.1 Å². The van der Waals surface area contributed by atoms with Crippen molar-refractivity contribution in [3.63, 3.8) is 0 Å². The summed E-state index contributed by atoms with van der Waals surface area (Å²) in [6.07, 6.45) is -0.525. The highest BCUT2D eigenvalue weighted by molar-refractivity contribution is 5.93. The molecule has 2 rings (SSSR count). The molecule has 5 heteroatoms. The molecule has 0 saturated carbocycles. The molecule has 0 aromatic heterocycles. The SMILES string of the molecule is CC(C)(C)OC(=O)Nc1cc(N)ccc1-c1cccc(N)c1. The smallest absolute Gasteiger partial charge is 0.412 e. The fraction of sp³-hybridized carbons (Fsp3) is 0.235. The number of nitrogens with one attached hydrogen (secondary N) is 1. The van der Waals surface area contributed by atoms with Crippen LogP contribution < -0.4 is 16.8 Å². The summed E-state index contributed by atoms with van der Waals surface area (Å²) in [6, 6.07) is 12.7. The summed E-state index contributed by atoms with van der Waals surface area (Å²) in [7, 11) is 0. The topological polar surface area (TPSA) is 90.4 Å². The van der Waals surface area contributed by atoms with Gasteiger partial charge in [0.1, 0.15) is 5.60 Å². The van der Waals surface area contributed by atoms with Gasteiger partial charge in [-0.25, -0.2) is 4.79 Å². The van der Waals surface area contributed by atoms with Crippen LogP contribution in [-0.2, 0) is 4.74 Å². The van der Waals surface area contributed by atoms with Gasteiger partial charge in [-0.3, -0.25) is 5.32 Å². The number of carbonyl (C=O) groups is 1. The number of hydrogen-bond acceptors (Lipinski definition) is 4. The lowest BCUT2D eigenvalue weighted by Crippen LogP contribution is -2.27. The highest BCUT2D eigenvalue weighted by atomic mass is 16.6. The predicted octanol–water partition coefficient (Wildman–Crippen LogP) is 3.87. The number of anilines is 3. The Hall–Kier alpha value is -2.69. The molecule has 0 unspecified atom stereocenters. The highest BCUT2D eigenvalue weighted by Crippen LogP contribution is 2.31. The molecule has 0 spiro atoms. The Labute approximate surface area is 130 Å². The minimum Gasteiger partial charge on any atom is -0.444 e. The number of hydrogen-bond donors (Lipinski definition) is 3. The lowest BCUT2D eigenvalue weighted by atomic mass is 10.0. The lowest BCUT2D eigenvalue weighted by Gasteiger charge is -2.20. The molecule has 116 valence electrons. The molecule has 0 heterocycles. The quantitative estimate of drug-likeness (QED) is 0.734. The summed E-state index contributed by atoms with van der Waals surface area (Å²) in [5.41, 5.74) is 14.6. The maximum Gasteiger partial charge on any atom is 0.412 e. The average molecular weight is 299 g/mol. The van der Waals surface area contributed by atoms with E-state index in [-0.39, 0.29) is 0 Å². The van der Waals surface area contributed by atoms with Gasteiger partial charge in [-0.05, 0) is 50.6 Å². The molecule has 0 aliphatic heterocycles. The van der Waals surface area contributed by atoms with E-state index < -0.39 is 11.7 Å². The molecule has 0 fully saturated rings. The Bertz CT molecular complexity index is 691. The van der Waals surface area contributed by atoms with E-state index in [1.807, 2.05) is 51.1 Å². The Morgan fingerprint density at radius 1 is 1.05 bits per heavy atom. The summed E-state index contributed by atoms with van der Waals surface area (Å²) in [5, 5.41) is 2.74. The van der Waals surface area contributed by atoms with Crippen molar-refractivity contribution in [2.75, 3.05) is 16.8 Å². The van der Waals surface area contributed by atoms with E-state index in [2.05, 4.69) is 5.32 Å². The molecule has 0 saturated heterocycles. The minimum absolute atomic E-state index is 0.525. The summed E-state index contributed by atoms with van der Waals surface area (Å²) >= 11 is 0. The van der Waals surface area contributed by atoms with Gasteiger partial charge in [-0.15, -0.1) is 0 Å². The number of nitrogen functional groups attached to an aromatic ring is 2. The zero-order chi connectivity index (χ0) is 16.3. The Balaban J connectivity index is 2.35. The molecule has 0 bridgehead atoms. The third kappa shape index (κ3) is 4.15. The van der Waals surface area contributed by atoms with E-state index in [1.54, 1.807) is 12.1 Å². The molecule has 22 heavy (non-hydrogen) atoms. The van der Waals surface area contributed by atoms with Crippen LogP contribution in [0.2, 0.25) is 0 Å². The first-order valence-electron chi connectivity index (χ1n) is 7.00. The third-order valence-corrected chi connectivity index (χ3v) is 2.88. The van der Waals surface area contributed by atoms with Crippen molar-refractivity contribution < 1.29 is 9.53 Å². The first kappa shape index (κ1) is 15.7. The zero-order valence-electron chi connectivity index (χ0n) is 13.0. The summed E-state index contributed by atoms with van der Waals surface area (Å²) in [5.74, 6) is 0. The highest BCUT2D eigenvalue weighted by Gasteiger charge is 2.17. The van der Waals surface area contributed by atoms with Crippen LogP contribution in [0.25, 0.3) is 11.1 Å². The summed E-state index contributed by atoms with van der Waals surface area (Å²) in [6.45, 7) is 5.43. The number of amides is 1. The second-order valence-electron chi connectivity index (χ2n) is 6.06. The van der Waals surface area contributed by atoms with Crippen molar-refractivity contribution in [3.05, 3.63) is 42.5 Å². The number of benzene rings is 2. The zero-order valence-corrected chi connectivity index (χ0v) is 13.0. The largest absolute Gasteiger partial charge is 0.444 e. The standard InChI is InChI=1S/C17H21N3O2/c1-17(2,3)22-16(21)20-15-10-13(19)7-8-14(15)11-5-4-6-12(18)9-11/h4-10H,18-19H2,1-3H3,(H,20,21). The molecule has 0 atom stereocenters. The van der Waals surface area contributed by atoms with Crippen LogP contribution in [0.5, 0.6) is 0 Å². The Kier molecular flexibility index (Phi) is 4.26. The second kappa shape index (κ2) is 5.97.